The Morgan fingerprint density at radius 1 is 1.12 bits per heavy atom. The number of hydrogen-bond acceptors (Lipinski definition) is 2. The van der Waals surface area contributed by atoms with Crippen LogP contribution in [0.5, 0.6) is 0 Å². The van der Waals surface area contributed by atoms with Crippen LogP contribution in [0, 0.1) is 20.8 Å². The van der Waals surface area contributed by atoms with Crippen LogP contribution in [0.25, 0.3) is 0 Å². The Balaban J connectivity index is 2.20. The van der Waals surface area contributed by atoms with Crippen molar-refractivity contribution in [2.24, 2.45) is 0 Å². The van der Waals surface area contributed by atoms with Crippen molar-refractivity contribution in [1.29, 1.82) is 0 Å². The number of thiophene rings is 1. The van der Waals surface area contributed by atoms with E-state index >= 15 is 0 Å². The molecule has 0 spiro atoms. The molecule has 2 aromatic rings. The average molecular weight is 246 g/mol. The highest BCUT2D eigenvalue weighted by Gasteiger charge is 2.14. The summed E-state index contributed by atoms with van der Waals surface area (Å²) in [5.74, 6) is 0. The molecule has 2 rings (SSSR count). The summed E-state index contributed by atoms with van der Waals surface area (Å²) < 4.78 is 0. The maximum absolute atomic E-state index is 10.3. The molecule has 1 nitrogen and oxygen atoms in total. The SMILES string of the molecule is Cc1cc(C)c(C(O)Cc2ccccc2C)s1. The smallest absolute Gasteiger partial charge is 0.0925 e. The minimum Gasteiger partial charge on any atom is -0.387 e. The van der Waals surface area contributed by atoms with Crippen LogP contribution in [0.3, 0.4) is 0 Å². The van der Waals surface area contributed by atoms with Gasteiger partial charge in [0, 0.05) is 16.2 Å². The topological polar surface area (TPSA) is 20.2 Å². The molecule has 0 saturated carbocycles. The standard InChI is InChI=1S/C15H18OS/c1-10-6-4-5-7-13(10)9-14(16)15-11(2)8-12(3)17-15/h4-8,14,16H,9H2,1-3H3. The first-order valence-electron chi connectivity index (χ1n) is 5.87. The van der Waals surface area contributed by atoms with Gasteiger partial charge in [0.25, 0.3) is 0 Å². The van der Waals surface area contributed by atoms with Gasteiger partial charge in [-0.3, -0.25) is 0 Å². The molecule has 1 N–H and O–H groups in total. The lowest BCUT2D eigenvalue weighted by Crippen LogP contribution is -2.02. The second kappa shape index (κ2) is 5.03. The molecule has 1 atom stereocenters. The van der Waals surface area contributed by atoms with Crippen molar-refractivity contribution in [3.63, 3.8) is 0 Å². The summed E-state index contributed by atoms with van der Waals surface area (Å²) in [4.78, 5) is 2.37. The third kappa shape index (κ3) is 2.76. The van der Waals surface area contributed by atoms with Crippen LogP contribution in [0.1, 0.15) is 32.5 Å². The van der Waals surface area contributed by atoms with E-state index in [4.69, 9.17) is 0 Å². The Morgan fingerprint density at radius 2 is 1.82 bits per heavy atom. The summed E-state index contributed by atoms with van der Waals surface area (Å²) in [5.41, 5.74) is 3.68. The number of hydrogen-bond donors (Lipinski definition) is 1. The zero-order valence-electron chi connectivity index (χ0n) is 10.5. The van der Waals surface area contributed by atoms with Gasteiger partial charge in [-0.25, -0.2) is 0 Å². The molecule has 0 bridgehead atoms. The molecule has 0 aliphatic heterocycles. The average Bonchev–Trinajstić information content (AvgIpc) is 2.61. The predicted molar refractivity (Wildman–Crippen MR) is 73.6 cm³/mol. The number of aliphatic hydroxyl groups excluding tert-OH is 1. The van der Waals surface area contributed by atoms with Crippen molar-refractivity contribution < 1.29 is 5.11 Å². The largest absolute Gasteiger partial charge is 0.387 e. The predicted octanol–water partition coefficient (Wildman–Crippen LogP) is 3.95. The van der Waals surface area contributed by atoms with Crippen molar-refractivity contribution in [1.82, 2.24) is 0 Å². The Kier molecular flexibility index (Phi) is 3.65. The van der Waals surface area contributed by atoms with Crippen LogP contribution in [-0.2, 0) is 6.42 Å². The first kappa shape index (κ1) is 12.3. The van der Waals surface area contributed by atoms with Gasteiger partial charge in [0.1, 0.15) is 0 Å². The van der Waals surface area contributed by atoms with Crippen molar-refractivity contribution in [3.8, 4) is 0 Å². The maximum Gasteiger partial charge on any atom is 0.0925 e. The van der Waals surface area contributed by atoms with Gasteiger partial charge < -0.3 is 5.11 Å². The zero-order chi connectivity index (χ0) is 12.4. The van der Waals surface area contributed by atoms with E-state index in [9.17, 15) is 5.11 Å². The monoisotopic (exact) mass is 246 g/mol. The lowest BCUT2D eigenvalue weighted by atomic mass is 10.0. The molecule has 0 radical (unpaired) electrons. The van der Waals surface area contributed by atoms with Crippen molar-refractivity contribution in [2.45, 2.75) is 33.3 Å². The number of benzene rings is 1. The van der Waals surface area contributed by atoms with Crippen LogP contribution in [0.15, 0.2) is 30.3 Å². The second-order valence-electron chi connectivity index (χ2n) is 4.55. The maximum atomic E-state index is 10.3. The van der Waals surface area contributed by atoms with E-state index in [-0.39, 0.29) is 6.10 Å². The quantitative estimate of drug-likeness (QED) is 0.869. The van der Waals surface area contributed by atoms with Gasteiger partial charge in [-0.15, -0.1) is 11.3 Å². The van der Waals surface area contributed by atoms with Crippen LogP contribution in [-0.4, -0.2) is 5.11 Å². The van der Waals surface area contributed by atoms with Gasteiger partial charge in [-0.1, -0.05) is 24.3 Å². The first-order valence-corrected chi connectivity index (χ1v) is 6.69. The molecule has 1 heterocycles. The molecular weight excluding hydrogens is 228 g/mol. The summed E-state index contributed by atoms with van der Waals surface area (Å²) in [5, 5.41) is 10.3. The van der Waals surface area contributed by atoms with E-state index in [0.29, 0.717) is 6.42 Å². The molecule has 0 saturated heterocycles. The Hall–Kier alpha value is -1.12. The summed E-state index contributed by atoms with van der Waals surface area (Å²) >= 11 is 1.70. The third-order valence-corrected chi connectivity index (χ3v) is 4.31. The Labute approximate surface area is 107 Å². The van der Waals surface area contributed by atoms with E-state index in [1.54, 1.807) is 11.3 Å². The lowest BCUT2D eigenvalue weighted by molar-refractivity contribution is 0.181. The third-order valence-electron chi connectivity index (χ3n) is 3.06. The highest BCUT2D eigenvalue weighted by atomic mass is 32.1. The van der Waals surface area contributed by atoms with Crippen molar-refractivity contribution in [2.75, 3.05) is 0 Å². The molecule has 1 aromatic heterocycles. The van der Waals surface area contributed by atoms with Crippen LogP contribution >= 0.6 is 11.3 Å². The molecule has 1 aromatic carbocycles. The first-order chi connectivity index (χ1) is 8.08. The highest BCUT2D eigenvalue weighted by molar-refractivity contribution is 7.12. The molecule has 0 aliphatic rings. The highest BCUT2D eigenvalue weighted by Crippen LogP contribution is 2.30. The summed E-state index contributed by atoms with van der Waals surface area (Å²) in [6.45, 7) is 6.25. The molecule has 17 heavy (non-hydrogen) atoms. The van der Waals surface area contributed by atoms with E-state index in [1.807, 2.05) is 12.1 Å². The molecular formula is C15H18OS. The molecule has 0 aliphatic carbocycles. The van der Waals surface area contributed by atoms with Crippen LogP contribution in [0.2, 0.25) is 0 Å². The van der Waals surface area contributed by atoms with Crippen molar-refractivity contribution in [3.05, 3.63) is 56.8 Å². The minimum atomic E-state index is -0.380. The molecule has 0 amide bonds. The number of aryl methyl sites for hydroxylation is 3. The summed E-state index contributed by atoms with van der Waals surface area (Å²) in [6, 6.07) is 10.4. The van der Waals surface area contributed by atoms with Gasteiger partial charge in [0.05, 0.1) is 6.10 Å². The Bertz CT molecular complexity index is 513. The van der Waals surface area contributed by atoms with E-state index in [1.165, 1.54) is 21.6 Å². The fraction of sp³-hybridized carbons (Fsp3) is 0.333. The van der Waals surface area contributed by atoms with Gasteiger partial charge in [0.15, 0.2) is 0 Å². The Morgan fingerprint density at radius 3 is 2.41 bits per heavy atom. The normalized spacial score (nSPS) is 12.7. The van der Waals surface area contributed by atoms with E-state index < -0.39 is 0 Å². The van der Waals surface area contributed by atoms with Crippen LogP contribution in [0.4, 0.5) is 0 Å². The molecule has 90 valence electrons. The fourth-order valence-electron chi connectivity index (χ4n) is 2.13. The van der Waals surface area contributed by atoms with E-state index in [0.717, 1.165) is 4.88 Å². The van der Waals surface area contributed by atoms with Gasteiger partial charge in [0.2, 0.25) is 0 Å². The number of aliphatic hydroxyl groups is 1. The molecule has 0 fully saturated rings. The fourth-order valence-corrected chi connectivity index (χ4v) is 3.15. The number of rotatable bonds is 3. The molecule has 1 unspecified atom stereocenters. The summed E-state index contributed by atoms with van der Waals surface area (Å²) in [7, 11) is 0. The molecule has 2 heteroatoms. The summed E-state index contributed by atoms with van der Waals surface area (Å²) in [6.07, 6.45) is 0.322. The second-order valence-corrected chi connectivity index (χ2v) is 5.84. The van der Waals surface area contributed by atoms with Crippen molar-refractivity contribution >= 4 is 11.3 Å². The lowest BCUT2D eigenvalue weighted by Gasteiger charge is -2.12. The van der Waals surface area contributed by atoms with E-state index in [2.05, 4.69) is 39.0 Å². The van der Waals surface area contributed by atoms with Crippen LogP contribution < -0.4 is 0 Å². The van der Waals surface area contributed by atoms with Gasteiger partial charge >= 0.3 is 0 Å². The van der Waals surface area contributed by atoms with Gasteiger partial charge in [-0.05, 0) is 43.5 Å². The zero-order valence-corrected chi connectivity index (χ0v) is 11.3. The van der Waals surface area contributed by atoms with Gasteiger partial charge in [-0.2, -0.15) is 0 Å². The minimum absolute atomic E-state index is 0.380.